The van der Waals surface area contributed by atoms with Gasteiger partial charge in [-0.1, -0.05) is 107 Å². The zero-order chi connectivity index (χ0) is 16.2. The van der Waals surface area contributed by atoms with Crippen LogP contribution in [0, 0.1) is 0 Å². The first-order valence-electron chi connectivity index (χ1n) is 8.08. The van der Waals surface area contributed by atoms with Gasteiger partial charge in [0.05, 0.1) is 0 Å². The molecule has 0 saturated carbocycles. The van der Waals surface area contributed by atoms with Gasteiger partial charge in [-0.2, -0.15) is 0 Å². The number of fused-ring (bicyclic) bond motifs is 2. The molecular weight excluding hydrogens is 328 g/mol. The van der Waals surface area contributed by atoms with Gasteiger partial charge < -0.3 is 0 Å². The van der Waals surface area contributed by atoms with Crippen molar-refractivity contribution in [1.82, 2.24) is 0 Å². The van der Waals surface area contributed by atoms with Crippen LogP contribution in [0.25, 0.3) is 21.5 Å². The third-order valence-corrected chi connectivity index (χ3v) is 6.44. The summed E-state index contributed by atoms with van der Waals surface area (Å²) in [7, 11) is 3.86. The van der Waals surface area contributed by atoms with Crippen molar-refractivity contribution >= 4 is 43.1 Å². The molecule has 0 aliphatic carbocycles. The molecule has 0 fully saturated rings. The summed E-state index contributed by atoms with van der Waals surface area (Å²) in [4.78, 5) is 0. The molecule has 118 valence electrons. The summed E-state index contributed by atoms with van der Waals surface area (Å²) in [6, 6.07) is 30.6. The lowest BCUT2D eigenvalue weighted by molar-refractivity contribution is 1.44. The Kier molecular flexibility index (Phi) is 4.77. The van der Waals surface area contributed by atoms with Gasteiger partial charge in [0, 0.05) is 11.5 Å². The fourth-order valence-corrected chi connectivity index (χ4v) is 4.99. The van der Waals surface area contributed by atoms with E-state index in [-0.39, 0.29) is 0 Å². The van der Waals surface area contributed by atoms with E-state index >= 15 is 0 Å². The van der Waals surface area contributed by atoms with Crippen LogP contribution in [0.2, 0.25) is 0 Å². The molecule has 0 aliphatic rings. The highest BCUT2D eigenvalue weighted by Crippen LogP contribution is 2.31. The van der Waals surface area contributed by atoms with Crippen LogP contribution in [0.5, 0.6) is 0 Å². The lowest BCUT2D eigenvalue weighted by Crippen LogP contribution is -1.82. The van der Waals surface area contributed by atoms with E-state index < -0.39 is 0 Å². The highest BCUT2D eigenvalue weighted by atomic mass is 33.1. The maximum atomic E-state index is 2.30. The summed E-state index contributed by atoms with van der Waals surface area (Å²) in [5, 5.41) is 5.29. The maximum Gasteiger partial charge on any atom is 0.0289 e. The van der Waals surface area contributed by atoms with Gasteiger partial charge in [-0.25, -0.2) is 0 Å². The zero-order valence-electron chi connectivity index (χ0n) is 13.3. The molecular formula is C22H18S2. The van der Waals surface area contributed by atoms with E-state index in [1.807, 2.05) is 21.6 Å². The highest BCUT2D eigenvalue weighted by Gasteiger charge is 2.00. The molecule has 4 aromatic carbocycles. The molecule has 0 aromatic heterocycles. The van der Waals surface area contributed by atoms with E-state index in [4.69, 9.17) is 0 Å². The molecule has 24 heavy (non-hydrogen) atoms. The van der Waals surface area contributed by atoms with E-state index in [1.165, 1.54) is 32.7 Å². The summed E-state index contributed by atoms with van der Waals surface area (Å²) in [6.45, 7) is 0. The third-order valence-electron chi connectivity index (χ3n) is 4.16. The Balaban J connectivity index is 1.36. The van der Waals surface area contributed by atoms with Crippen LogP contribution in [0.15, 0.2) is 84.9 Å². The molecule has 0 bridgehead atoms. The van der Waals surface area contributed by atoms with Crippen molar-refractivity contribution in [3.05, 3.63) is 96.1 Å². The minimum atomic E-state index is 1.04. The quantitative estimate of drug-likeness (QED) is 0.280. The van der Waals surface area contributed by atoms with Crippen LogP contribution in [-0.4, -0.2) is 0 Å². The van der Waals surface area contributed by atoms with Crippen LogP contribution in [0.1, 0.15) is 11.1 Å². The van der Waals surface area contributed by atoms with Gasteiger partial charge in [0.1, 0.15) is 0 Å². The SMILES string of the molecule is c1ccc2cc(CSSCc3ccc4ccccc4c3)ccc2c1. The lowest BCUT2D eigenvalue weighted by atomic mass is 10.1. The molecule has 0 atom stereocenters. The second-order valence-electron chi connectivity index (χ2n) is 5.89. The Labute approximate surface area is 150 Å². The van der Waals surface area contributed by atoms with Crippen LogP contribution < -0.4 is 0 Å². The average molecular weight is 347 g/mol. The average Bonchev–Trinajstić information content (AvgIpc) is 2.65. The second-order valence-corrected chi connectivity index (χ2v) is 8.35. The normalized spacial score (nSPS) is 11.2. The minimum Gasteiger partial charge on any atom is -0.0890 e. The Hall–Kier alpha value is -1.90. The molecule has 0 N–H and O–H groups in total. The van der Waals surface area contributed by atoms with Crippen molar-refractivity contribution in [2.24, 2.45) is 0 Å². The van der Waals surface area contributed by atoms with Crippen molar-refractivity contribution in [3.8, 4) is 0 Å². The molecule has 0 saturated heterocycles. The molecule has 4 rings (SSSR count). The van der Waals surface area contributed by atoms with Gasteiger partial charge in [-0.3, -0.25) is 0 Å². The lowest BCUT2D eigenvalue weighted by Gasteiger charge is -2.05. The van der Waals surface area contributed by atoms with Gasteiger partial charge in [0.2, 0.25) is 0 Å². The Morgan fingerprint density at radius 2 is 0.875 bits per heavy atom. The van der Waals surface area contributed by atoms with Crippen LogP contribution in [0.3, 0.4) is 0 Å². The molecule has 2 heteroatoms. The molecule has 0 aliphatic heterocycles. The van der Waals surface area contributed by atoms with Gasteiger partial charge in [-0.05, 0) is 32.7 Å². The first kappa shape index (κ1) is 15.6. The standard InChI is InChI=1S/C22H18S2/c1-3-7-21-13-17(9-11-19(21)5-1)15-23-24-16-18-10-12-20-6-2-4-8-22(20)14-18/h1-14H,15-16H2. The van der Waals surface area contributed by atoms with Crippen molar-refractivity contribution in [3.63, 3.8) is 0 Å². The fourth-order valence-electron chi connectivity index (χ4n) is 2.88. The second kappa shape index (κ2) is 7.33. The summed E-state index contributed by atoms with van der Waals surface area (Å²) in [5.74, 6) is 2.09. The predicted molar refractivity (Wildman–Crippen MR) is 110 cm³/mol. The van der Waals surface area contributed by atoms with E-state index in [9.17, 15) is 0 Å². The summed E-state index contributed by atoms with van der Waals surface area (Å²) >= 11 is 0. The van der Waals surface area contributed by atoms with Gasteiger partial charge in [0.25, 0.3) is 0 Å². The monoisotopic (exact) mass is 346 g/mol. The first-order valence-corrected chi connectivity index (χ1v) is 10.6. The van der Waals surface area contributed by atoms with E-state index in [1.54, 1.807) is 0 Å². The topological polar surface area (TPSA) is 0 Å². The van der Waals surface area contributed by atoms with Crippen molar-refractivity contribution in [2.45, 2.75) is 11.5 Å². The first-order chi connectivity index (χ1) is 11.9. The molecule has 0 nitrogen and oxygen atoms in total. The zero-order valence-corrected chi connectivity index (χ0v) is 14.9. The number of benzene rings is 4. The molecule has 0 heterocycles. The number of hydrogen-bond donors (Lipinski definition) is 0. The van der Waals surface area contributed by atoms with Crippen LogP contribution in [-0.2, 0) is 11.5 Å². The van der Waals surface area contributed by atoms with Crippen LogP contribution in [0.4, 0.5) is 0 Å². The summed E-state index contributed by atoms with van der Waals surface area (Å²) in [6.07, 6.45) is 0. The van der Waals surface area contributed by atoms with Gasteiger partial charge in [0.15, 0.2) is 0 Å². The Bertz CT molecular complexity index is 894. The van der Waals surface area contributed by atoms with E-state index in [0.717, 1.165) is 11.5 Å². The largest absolute Gasteiger partial charge is 0.0890 e. The Morgan fingerprint density at radius 3 is 1.33 bits per heavy atom. The maximum absolute atomic E-state index is 2.30. The molecule has 4 aromatic rings. The van der Waals surface area contributed by atoms with E-state index in [2.05, 4.69) is 84.9 Å². The highest BCUT2D eigenvalue weighted by molar-refractivity contribution is 8.76. The van der Waals surface area contributed by atoms with Crippen molar-refractivity contribution < 1.29 is 0 Å². The molecule has 0 amide bonds. The Morgan fingerprint density at radius 1 is 0.458 bits per heavy atom. The smallest absolute Gasteiger partial charge is 0.0289 e. The van der Waals surface area contributed by atoms with Gasteiger partial charge >= 0.3 is 0 Å². The molecule has 0 unspecified atom stereocenters. The van der Waals surface area contributed by atoms with E-state index in [0.29, 0.717) is 0 Å². The number of rotatable bonds is 5. The molecule has 0 radical (unpaired) electrons. The number of hydrogen-bond acceptors (Lipinski definition) is 2. The third kappa shape index (κ3) is 3.61. The van der Waals surface area contributed by atoms with Crippen molar-refractivity contribution in [1.29, 1.82) is 0 Å². The minimum absolute atomic E-state index is 1.04. The summed E-state index contributed by atoms with van der Waals surface area (Å²) in [5.41, 5.74) is 2.79. The summed E-state index contributed by atoms with van der Waals surface area (Å²) < 4.78 is 0. The van der Waals surface area contributed by atoms with Gasteiger partial charge in [-0.15, -0.1) is 0 Å². The van der Waals surface area contributed by atoms with Crippen molar-refractivity contribution in [2.75, 3.05) is 0 Å². The fraction of sp³-hybridized carbons (Fsp3) is 0.0909. The predicted octanol–water partition coefficient (Wildman–Crippen LogP) is 7.07. The molecule has 0 spiro atoms. The van der Waals surface area contributed by atoms with Crippen LogP contribution >= 0.6 is 21.6 Å².